The smallest absolute Gasteiger partial charge is 0.322 e. The van der Waals surface area contributed by atoms with Gasteiger partial charge in [0.05, 0.1) is 23.9 Å². The quantitative estimate of drug-likeness (QED) is 0.702. The summed E-state index contributed by atoms with van der Waals surface area (Å²) in [6, 6.07) is 4.01. The topological polar surface area (TPSA) is 76.2 Å². The van der Waals surface area contributed by atoms with Crippen LogP contribution in [0.2, 0.25) is 10.0 Å². The highest BCUT2D eigenvalue weighted by Gasteiger charge is 2.44. The van der Waals surface area contributed by atoms with Gasteiger partial charge in [0.2, 0.25) is 5.91 Å². The molecule has 0 aliphatic carbocycles. The number of halogens is 2. The Hall–Kier alpha value is -2.29. The molecule has 0 spiro atoms. The number of likely N-dealkylation sites (N-methyl/N-ethyl adjacent to an activating group) is 2. The van der Waals surface area contributed by atoms with Crippen LogP contribution in [0, 0.1) is 0 Å². The predicted molar refractivity (Wildman–Crippen MR) is 122 cm³/mol. The van der Waals surface area contributed by atoms with Crippen molar-refractivity contribution >= 4 is 41.0 Å². The molecule has 1 aromatic carbocycles. The lowest BCUT2D eigenvalue weighted by atomic mass is 9.95. The molecule has 0 saturated carbocycles. The Morgan fingerprint density at radius 2 is 1.81 bits per heavy atom. The fourth-order valence-electron chi connectivity index (χ4n) is 4.56. The third-order valence-electron chi connectivity index (χ3n) is 6.38. The Morgan fingerprint density at radius 3 is 2.44 bits per heavy atom. The molecule has 0 radical (unpaired) electrons. The lowest BCUT2D eigenvalue weighted by Crippen LogP contribution is -2.51. The maximum Gasteiger partial charge on any atom is 0.322 e. The van der Waals surface area contributed by atoms with Gasteiger partial charge in [0.25, 0.3) is 5.91 Å². The fourth-order valence-corrected chi connectivity index (χ4v) is 5.07. The van der Waals surface area contributed by atoms with Crippen LogP contribution in [-0.2, 0) is 9.59 Å². The fraction of sp³-hybridized carbons (Fsp3) is 0.500. The molecule has 4 rings (SSSR count). The normalized spacial score (nSPS) is 21.9. The van der Waals surface area contributed by atoms with Crippen molar-refractivity contribution in [3.63, 3.8) is 0 Å². The second-order valence-electron chi connectivity index (χ2n) is 8.13. The van der Waals surface area contributed by atoms with Crippen LogP contribution >= 0.6 is 23.2 Å². The van der Waals surface area contributed by atoms with Gasteiger partial charge in [-0.05, 0) is 31.2 Å². The van der Waals surface area contributed by atoms with E-state index in [0.29, 0.717) is 46.5 Å². The van der Waals surface area contributed by atoms with E-state index in [2.05, 4.69) is 17.1 Å². The van der Waals surface area contributed by atoms with Crippen LogP contribution in [0.1, 0.15) is 25.5 Å². The van der Waals surface area contributed by atoms with Gasteiger partial charge in [-0.2, -0.15) is 0 Å². The number of benzene rings is 1. The number of amides is 4. The van der Waals surface area contributed by atoms with Gasteiger partial charge in [-0.15, -0.1) is 0 Å². The monoisotopic (exact) mass is 479 g/mol. The standard InChI is InChI=1S/C22H27Cl2N5O3/c1-3-26-7-9-27(10-8-26)18(30)13-28-12-17-19(21(28)31)20(25-22(32)29(17)4-2)15-6-5-14(23)11-16(15)24/h5-6,11,20H,3-4,7-10,12-13H2,1-2H3,(H,25,32)/t20-/m1/s1. The summed E-state index contributed by atoms with van der Waals surface area (Å²) < 4.78 is 0. The Bertz CT molecular complexity index is 974. The van der Waals surface area contributed by atoms with E-state index in [9.17, 15) is 14.4 Å². The number of urea groups is 1. The van der Waals surface area contributed by atoms with Gasteiger partial charge in [0.15, 0.2) is 0 Å². The van der Waals surface area contributed by atoms with E-state index in [0.717, 1.165) is 19.6 Å². The summed E-state index contributed by atoms with van der Waals surface area (Å²) in [5, 5.41) is 3.74. The van der Waals surface area contributed by atoms with Gasteiger partial charge >= 0.3 is 6.03 Å². The summed E-state index contributed by atoms with van der Waals surface area (Å²) in [5.41, 5.74) is 1.69. The summed E-state index contributed by atoms with van der Waals surface area (Å²) in [4.78, 5) is 46.3. The summed E-state index contributed by atoms with van der Waals surface area (Å²) in [5.74, 6) is -0.327. The number of piperazine rings is 1. The second kappa shape index (κ2) is 9.29. The highest BCUT2D eigenvalue weighted by Crippen LogP contribution is 2.39. The molecule has 3 aliphatic heterocycles. The zero-order valence-corrected chi connectivity index (χ0v) is 19.7. The van der Waals surface area contributed by atoms with Crippen LogP contribution in [0.3, 0.4) is 0 Å². The van der Waals surface area contributed by atoms with Gasteiger partial charge in [-0.25, -0.2) is 4.79 Å². The number of nitrogens with zero attached hydrogens (tertiary/aromatic N) is 4. The van der Waals surface area contributed by atoms with Crippen molar-refractivity contribution in [2.45, 2.75) is 19.9 Å². The van der Waals surface area contributed by atoms with E-state index in [1.807, 2.05) is 11.8 Å². The molecular weight excluding hydrogens is 453 g/mol. The first-order chi connectivity index (χ1) is 15.3. The van der Waals surface area contributed by atoms with E-state index >= 15 is 0 Å². The van der Waals surface area contributed by atoms with E-state index in [4.69, 9.17) is 23.2 Å². The number of hydrogen-bond acceptors (Lipinski definition) is 4. The Balaban J connectivity index is 1.56. The lowest BCUT2D eigenvalue weighted by Gasteiger charge is -2.34. The summed E-state index contributed by atoms with van der Waals surface area (Å²) >= 11 is 12.4. The highest BCUT2D eigenvalue weighted by atomic mass is 35.5. The number of nitrogens with one attached hydrogen (secondary N) is 1. The average molecular weight is 480 g/mol. The molecule has 8 nitrogen and oxygen atoms in total. The molecule has 3 heterocycles. The number of carbonyl (C=O) groups excluding carboxylic acids is 3. The molecule has 1 N–H and O–H groups in total. The van der Waals surface area contributed by atoms with E-state index in [1.165, 1.54) is 4.90 Å². The molecule has 1 atom stereocenters. The van der Waals surface area contributed by atoms with Crippen LogP contribution in [0.5, 0.6) is 0 Å². The SMILES string of the molecule is CCN1CCN(C(=O)CN2CC3=C(C2=O)[C@@H](c2ccc(Cl)cc2Cl)NC(=O)N3CC)CC1. The van der Waals surface area contributed by atoms with Gasteiger partial charge in [0.1, 0.15) is 6.54 Å². The summed E-state index contributed by atoms with van der Waals surface area (Å²) in [6.07, 6.45) is 0. The number of rotatable bonds is 5. The molecule has 0 bridgehead atoms. The first-order valence-electron chi connectivity index (χ1n) is 10.9. The van der Waals surface area contributed by atoms with Crippen LogP contribution < -0.4 is 5.32 Å². The number of hydrogen-bond donors (Lipinski definition) is 1. The molecule has 10 heteroatoms. The first-order valence-corrected chi connectivity index (χ1v) is 11.6. The van der Waals surface area contributed by atoms with E-state index in [-0.39, 0.29) is 30.9 Å². The summed E-state index contributed by atoms with van der Waals surface area (Å²) in [7, 11) is 0. The van der Waals surface area contributed by atoms with Crippen molar-refractivity contribution < 1.29 is 14.4 Å². The highest BCUT2D eigenvalue weighted by molar-refractivity contribution is 6.35. The maximum atomic E-state index is 13.4. The minimum Gasteiger partial charge on any atom is -0.339 e. The lowest BCUT2D eigenvalue weighted by molar-refractivity contribution is -0.138. The molecule has 32 heavy (non-hydrogen) atoms. The third-order valence-corrected chi connectivity index (χ3v) is 6.95. The second-order valence-corrected chi connectivity index (χ2v) is 8.97. The molecular formula is C22H27Cl2N5O3. The molecule has 0 unspecified atom stereocenters. The van der Waals surface area contributed by atoms with Gasteiger partial charge in [-0.3, -0.25) is 14.5 Å². The zero-order chi connectivity index (χ0) is 23.0. The van der Waals surface area contributed by atoms with Crippen molar-refractivity contribution in [1.29, 1.82) is 0 Å². The van der Waals surface area contributed by atoms with Crippen LogP contribution in [0.25, 0.3) is 0 Å². The van der Waals surface area contributed by atoms with Crippen LogP contribution in [-0.4, -0.2) is 89.8 Å². The summed E-state index contributed by atoms with van der Waals surface area (Å²) in [6.45, 7) is 8.54. The average Bonchev–Trinajstić information content (AvgIpc) is 3.09. The van der Waals surface area contributed by atoms with Crippen molar-refractivity contribution in [2.24, 2.45) is 0 Å². The molecule has 1 fully saturated rings. The molecule has 0 aromatic heterocycles. The van der Waals surface area contributed by atoms with Gasteiger partial charge < -0.3 is 20.0 Å². The molecule has 1 saturated heterocycles. The zero-order valence-electron chi connectivity index (χ0n) is 18.2. The molecule has 172 valence electrons. The van der Waals surface area contributed by atoms with Gasteiger partial charge in [-0.1, -0.05) is 36.2 Å². The Morgan fingerprint density at radius 1 is 1.09 bits per heavy atom. The minimum atomic E-state index is -0.689. The Labute approximate surface area is 197 Å². The van der Waals surface area contributed by atoms with Gasteiger partial charge in [0, 0.05) is 42.8 Å². The van der Waals surface area contributed by atoms with Crippen molar-refractivity contribution in [1.82, 2.24) is 24.9 Å². The Kier molecular flexibility index (Phi) is 6.65. The van der Waals surface area contributed by atoms with Crippen LogP contribution in [0.4, 0.5) is 4.79 Å². The molecule has 3 aliphatic rings. The van der Waals surface area contributed by atoms with Crippen molar-refractivity contribution in [2.75, 3.05) is 52.4 Å². The molecule has 4 amide bonds. The largest absolute Gasteiger partial charge is 0.339 e. The molecule has 1 aromatic rings. The van der Waals surface area contributed by atoms with Crippen LogP contribution in [0.15, 0.2) is 29.5 Å². The van der Waals surface area contributed by atoms with Crippen molar-refractivity contribution in [3.05, 3.63) is 45.1 Å². The van der Waals surface area contributed by atoms with E-state index in [1.54, 1.807) is 23.1 Å². The predicted octanol–water partition coefficient (Wildman–Crippen LogP) is 2.34. The minimum absolute atomic E-state index is 0.00915. The maximum absolute atomic E-state index is 13.4. The first kappa shape index (κ1) is 22.9. The van der Waals surface area contributed by atoms with E-state index < -0.39 is 6.04 Å². The third kappa shape index (κ3) is 4.19. The van der Waals surface area contributed by atoms with Crippen molar-refractivity contribution in [3.8, 4) is 0 Å². The number of carbonyl (C=O) groups is 3.